The summed E-state index contributed by atoms with van der Waals surface area (Å²) in [5.41, 5.74) is 6.00. The SMILES string of the molecule is CCCCC(N)C(=O)N1CCC(CN2CCCC2)CC1. The van der Waals surface area contributed by atoms with E-state index < -0.39 is 0 Å². The van der Waals surface area contributed by atoms with Gasteiger partial charge in [-0.3, -0.25) is 4.79 Å². The third-order valence-corrected chi connectivity index (χ3v) is 4.83. The van der Waals surface area contributed by atoms with Crippen molar-refractivity contribution >= 4 is 5.91 Å². The third-order valence-electron chi connectivity index (χ3n) is 4.83. The highest BCUT2D eigenvalue weighted by Gasteiger charge is 2.27. The van der Waals surface area contributed by atoms with Gasteiger partial charge in [-0.2, -0.15) is 0 Å². The molecule has 0 aromatic carbocycles. The van der Waals surface area contributed by atoms with E-state index in [0.29, 0.717) is 0 Å². The Morgan fingerprint density at radius 3 is 2.45 bits per heavy atom. The molecule has 2 N–H and O–H groups in total. The Balaban J connectivity index is 1.68. The van der Waals surface area contributed by atoms with Gasteiger partial charge in [0.05, 0.1) is 6.04 Å². The fraction of sp³-hybridized carbons (Fsp3) is 0.938. The summed E-state index contributed by atoms with van der Waals surface area (Å²) in [5, 5.41) is 0. The van der Waals surface area contributed by atoms with Gasteiger partial charge in [-0.15, -0.1) is 0 Å². The standard InChI is InChI=1S/C16H31N3O/c1-2-3-6-15(17)16(20)19-11-7-14(8-12-19)13-18-9-4-5-10-18/h14-15H,2-13,17H2,1H3. The summed E-state index contributed by atoms with van der Waals surface area (Å²) < 4.78 is 0. The fourth-order valence-electron chi connectivity index (χ4n) is 3.45. The molecular weight excluding hydrogens is 250 g/mol. The monoisotopic (exact) mass is 281 g/mol. The van der Waals surface area contributed by atoms with E-state index in [4.69, 9.17) is 5.73 Å². The Morgan fingerprint density at radius 1 is 1.20 bits per heavy atom. The van der Waals surface area contributed by atoms with Gasteiger partial charge in [0, 0.05) is 19.6 Å². The molecule has 116 valence electrons. The van der Waals surface area contributed by atoms with Crippen LogP contribution in [0.2, 0.25) is 0 Å². The molecule has 0 aromatic heterocycles. The summed E-state index contributed by atoms with van der Waals surface area (Å²) >= 11 is 0. The first-order valence-corrected chi connectivity index (χ1v) is 8.47. The molecule has 1 amide bonds. The third kappa shape index (κ3) is 4.45. The van der Waals surface area contributed by atoms with Crippen molar-refractivity contribution in [1.82, 2.24) is 9.80 Å². The van der Waals surface area contributed by atoms with Crippen molar-refractivity contribution in [2.24, 2.45) is 11.7 Å². The Kier molecular flexibility index (Phi) is 6.30. The molecule has 0 spiro atoms. The van der Waals surface area contributed by atoms with E-state index in [0.717, 1.165) is 51.1 Å². The van der Waals surface area contributed by atoms with E-state index in [1.807, 2.05) is 4.90 Å². The molecule has 4 nitrogen and oxygen atoms in total. The van der Waals surface area contributed by atoms with Crippen molar-refractivity contribution in [3.8, 4) is 0 Å². The van der Waals surface area contributed by atoms with E-state index in [9.17, 15) is 4.79 Å². The number of carbonyl (C=O) groups excluding carboxylic acids is 1. The second kappa shape index (κ2) is 7.99. The van der Waals surface area contributed by atoms with Crippen LogP contribution in [0, 0.1) is 5.92 Å². The van der Waals surface area contributed by atoms with Gasteiger partial charge in [-0.1, -0.05) is 19.8 Å². The van der Waals surface area contributed by atoms with Crippen LogP contribution in [-0.2, 0) is 4.79 Å². The highest BCUT2D eigenvalue weighted by atomic mass is 16.2. The molecule has 2 aliphatic heterocycles. The molecule has 0 aromatic rings. The van der Waals surface area contributed by atoms with E-state index in [2.05, 4.69) is 11.8 Å². The summed E-state index contributed by atoms with van der Waals surface area (Å²) in [6.07, 6.45) is 8.04. The van der Waals surface area contributed by atoms with Crippen LogP contribution >= 0.6 is 0 Å². The van der Waals surface area contributed by atoms with Gasteiger partial charge in [0.1, 0.15) is 0 Å². The van der Waals surface area contributed by atoms with E-state index >= 15 is 0 Å². The van der Waals surface area contributed by atoms with Crippen molar-refractivity contribution in [2.75, 3.05) is 32.7 Å². The van der Waals surface area contributed by atoms with Crippen LogP contribution in [-0.4, -0.2) is 54.5 Å². The van der Waals surface area contributed by atoms with Crippen molar-refractivity contribution in [2.45, 2.75) is 57.9 Å². The number of hydrogen-bond acceptors (Lipinski definition) is 3. The number of hydrogen-bond donors (Lipinski definition) is 1. The zero-order chi connectivity index (χ0) is 14.4. The number of nitrogens with zero attached hydrogens (tertiary/aromatic N) is 2. The minimum absolute atomic E-state index is 0.179. The zero-order valence-corrected chi connectivity index (χ0v) is 13.0. The second-order valence-electron chi connectivity index (χ2n) is 6.53. The van der Waals surface area contributed by atoms with Gasteiger partial charge in [0.25, 0.3) is 0 Å². The summed E-state index contributed by atoms with van der Waals surface area (Å²) in [7, 11) is 0. The van der Waals surface area contributed by atoms with Crippen molar-refractivity contribution in [1.29, 1.82) is 0 Å². The lowest BCUT2D eigenvalue weighted by Gasteiger charge is -2.35. The van der Waals surface area contributed by atoms with Crippen LogP contribution in [0.4, 0.5) is 0 Å². The second-order valence-corrected chi connectivity index (χ2v) is 6.53. The molecule has 1 unspecified atom stereocenters. The lowest BCUT2D eigenvalue weighted by Crippen LogP contribution is -2.48. The van der Waals surface area contributed by atoms with Gasteiger partial charge in [-0.05, 0) is 51.1 Å². The highest BCUT2D eigenvalue weighted by molar-refractivity contribution is 5.81. The lowest BCUT2D eigenvalue weighted by molar-refractivity contribution is -0.134. The molecule has 2 heterocycles. The Labute approximate surface area is 123 Å². The molecule has 0 radical (unpaired) electrons. The first-order chi connectivity index (χ1) is 9.70. The maximum atomic E-state index is 12.2. The van der Waals surface area contributed by atoms with Crippen molar-refractivity contribution in [3.05, 3.63) is 0 Å². The topological polar surface area (TPSA) is 49.6 Å². The van der Waals surface area contributed by atoms with Crippen molar-refractivity contribution < 1.29 is 4.79 Å². The van der Waals surface area contributed by atoms with Gasteiger partial charge < -0.3 is 15.5 Å². The number of likely N-dealkylation sites (tertiary alicyclic amines) is 2. The van der Waals surface area contributed by atoms with Gasteiger partial charge in [0.2, 0.25) is 5.91 Å². The molecule has 0 saturated carbocycles. The highest BCUT2D eigenvalue weighted by Crippen LogP contribution is 2.21. The predicted molar refractivity (Wildman–Crippen MR) is 82.5 cm³/mol. The van der Waals surface area contributed by atoms with Crippen molar-refractivity contribution in [3.63, 3.8) is 0 Å². The minimum Gasteiger partial charge on any atom is -0.341 e. The van der Waals surface area contributed by atoms with Crippen LogP contribution in [0.15, 0.2) is 0 Å². The number of carbonyl (C=O) groups is 1. The maximum Gasteiger partial charge on any atom is 0.239 e. The van der Waals surface area contributed by atoms with Gasteiger partial charge >= 0.3 is 0 Å². The summed E-state index contributed by atoms with van der Waals surface area (Å²) in [6.45, 7) is 7.77. The van der Waals surface area contributed by atoms with Crippen LogP contribution in [0.1, 0.15) is 51.9 Å². The largest absolute Gasteiger partial charge is 0.341 e. The summed E-state index contributed by atoms with van der Waals surface area (Å²) in [5.74, 6) is 0.960. The minimum atomic E-state index is -0.273. The molecule has 20 heavy (non-hydrogen) atoms. The average molecular weight is 281 g/mol. The number of rotatable bonds is 6. The first-order valence-electron chi connectivity index (χ1n) is 8.47. The molecule has 2 fully saturated rings. The average Bonchev–Trinajstić information content (AvgIpc) is 2.97. The van der Waals surface area contributed by atoms with Gasteiger partial charge in [-0.25, -0.2) is 0 Å². The smallest absolute Gasteiger partial charge is 0.239 e. The molecule has 2 rings (SSSR count). The van der Waals surface area contributed by atoms with Crippen LogP contribution < -0.4 is 5.73 Å². The van der Waals surface area contributed by atoms with E-state index in [1.165, 1.54) is 32.5 Å². The molecule has 2 aliphatic rings. The van der Waals surface area contributed by atoms with Crippen LogP contribution in [0.5, 0.6) is 0 Å². The Hall–Kier alpha value is -0.610. The Bertz CT molecular complexity index is 294. The predicted octanol–water partition coefficient (Wildman–Crippen LogP) is 1.84. The number of piperidine rings is 1. The van der Waals surface area contributed by atoms with E-state index in [-0.39, 0.29) is 11.9 Å². The zero-order valence-electron chi connectivity index (χ0n) is 13.0. The molecule has 2 saturated heterocycles. The first kappa shape index (κ1) is 15.8. The molecule has 0 bridgehead atoms. The van der Waals surface area contributed by atoms with Gasteiger partial charge in [0.15, 0.2) is 0 Å². The number of nitrogens with two attached hydrogens (primary N) is 1. The summed E-state index contributed by atoms with van der Waals surface area (Å²) in [6, 6.07) is -0.273. The normalized spacial score (nSPS) is 23.2. The lowest BCUT2D eigenvalue weighted by atomic mass is 9.95. The summed E-state index contributed by atoms with van der Waals surface area (Å²) in [4.78, 5) is 16.8. The number of amides is 1. The molecular formula is C16H31N3O. The molecule has 4 heteroatoms. The van der Waals surface area contributed by atoms with Crippen LogP contribution in [0.25, 0.3) is 0 Å². The Morgan fingerprint density at radius 2 is 1.85 bits per heavy atom. The molecule has 1 atom stereocenters. The molecule has 0 aliphatic carbocycles. The van der Waals surface area contributed by atoms with Crippen LogP contribution in [0.3, 0.4) is 0 Å². The number of unbranched alkanes of at least 4 members (excludes halogenated alkanes) is 1. The quantitative estimate of drug-likeness (QED) is 0.808. The maximum absolute atomic E-state index is 12.2. The fourth-order valence-corrected chi connectivity index (χ4v) is 3.45. The van der Waals surface area contributed by atoms with E-state index in [1.54, 1.807) is 0 Å².